The van der Waals surface area contributed by atoms with Gasteiger partial charge in [-0.05, 0) is 72.4 Å². The number of nitrogens with zero attached hydrogens (tertiary/aromatic N) is 3. The number of halogens is 1. The molecule has 2 aliphatic rings. The van der Waals surface area contributed by atoms with Crippen LogP contribution in [-0.2, 0) is 25.7 Å². The number of likely N-dealkylation sites (tertiary alicyclic amines) is 1. The number of nitriles is 2. The number of ether oxygens (including phenoxy) is 3. The maximum absolute atomic E-state index is 13.8. The molecule has 15 heteroatoms. The standard InChI is InChI=1S/C47H57ClN6O8/c1-45(2,3)39(42(59)54-27-33(55)22-37(54)41(58)51-26-30-12-10-29(24-49)11-13-30)52-38(56)28-60-20-8-9-21-61-34-17-14-31(15-18-34)40(57)53-43-46(4,5)44(47(43,6)7)62-35-19-16-32(25-50)36(48)23-35/h10-19,23,33,37,39,43-44,55H,8-9,20-22,26-28H2,1-7H3,(H,51,58)(H,52,56)(H,53,57)/t33-,37+,39?,43?,44?/m1/s1. The average Bonchev–Trinajstić information content (AvgIpc) is 3.63. The van der Waals surface area contributed by atoms with Gasteiger partial charge in [0.05, 0.1) is 34.9 Å². The van der Waals surface area contributed by atoms with E-state index in [4.69, 9.17) is 31.1 Å². The van der Waals surface area contributed by atoms with Gasteiger partial charge in [-0.1, -0.05) is 72.2 Å². The van der Waals surface area contributed by atoms with Crippen LogP contribution in [0.15, 0.2) is 66.7 Å². The van der Waals surface area contributed by atoms with Crippen molar-refractivity contribution >= 4 is 35.2 Å². The predicted octanol–water partition coefficient (Wildman–Crippen LogP) is 5.68. The molecule has 5 rings (SSSR count). The fourth-order valence-electron chi connectivity index (χ4n) is 8.50. The number of hydrogen-bond donors (Lipinski definition) is 4. The molecule has 0 radical (unpaired) electrons. The quantitative estimate of drug-likeness (QED) is 0.122. The van der Waals surface area contributed by atoms with E-state index in [1.807, 2.05) is 54.5 Å². The minimum atomic E-state index is -0.978. The molecule has 62 heavy (non-hydrogen) atoms. The van der Waals surface area contributed by atoms with E-state index in [0.717, 1.165) is 5.56 Å². The van der Waals surface area contributed by atoms with Crippen LogP contribution in [0.2, 0.25) is 5.02 Å². The van der Waals surface area contributed by atoms with Crippen LogP contribution in [-0.4, -0.2) is 90.3 Å². The van der Waals surface area contributed by atoms with Gasteiger partial charge in [0.2, 0.25) is 17.7 Å². The second kappa shape index (κ2) is 20.0. The monoisotopic (exact) mass is 868 g/mol. The number of unbranched alkanes of at least 4 members (excludes halogenated alkanes) is 1. The van der Waals surface area contributed by atoms with E-state index in [0.29, 0.717) is 52.7 Å². The number of amides is 4. The van der Waals surface area contributed by atoms with Gasteiger partial charge >= 0.3 is 0 Å². The minimum absolute atomic E-state index is 0.0389. The Morgan fingerprint density at radius 1 is 0.919 bits per heavy atom. The zero-order chi connectivity index (χ0) is 45.4. The van der Waals surface area contributed by atoms with Crippen LogP contribution in [0.3, 0.4) is 0 Å². The Kier molecular flexibility index (Phi) is 15.3. The van der Waals surface area contributed by atoms with Crippen molar-refractivity contribution in [2.75, 3.05) is 26.4 Å². The first-order valence-corrected chi connectivity index (χ1v) is 21.2. The SMILES string of the molecule is CC(C)(C)C(NC(=O)COCCCCOc1ccc(C(=O)NC2C(C)(C)C(Oc3ccc(C#N)c(Cl)c3)C2(C)C)cc1)C(=O)N1C[C@H](O)C[C@H]1C(=O)NCc1ccc(C#N)cc1. The van der Waals surface area contributed by atoms with E-state index in [9.17, 15) is 29.5 Å². The smallest absolute Gasteiger partial charge is 0.251 e. The van der Waals surface area contributed by atoms with Gasteiger partial charge in [-0.2, -0.15) is 10.5 Å². The summed E-state index contributed by atoms with van der Waals surface area (Å²) in [4.78, 5) is 54.7. The molecule has 3 atom stereocenters. The van der Waals surface area contributed by atoms with E-state index in [1.54, 1.807) is 66.7 Å². The Labute approximate surface area is 368 Å². The molecule has 3 aromatic carbocycles. The van der Waals surface area contributed by atoms with Gasteiger partial charge < -0.3 is 40.2 Å². The molecule has 330 valence electrons. The van der Waals surface area contributed by atoms with Crippen LogP contribution in [0.25, 0.3) is 0 Å². The third kappa shape index (κ3) is 11.4. The largest absolute Gasteiger partial charge is 0.494 e. The van der Waals surface area contributed by atoms with E-state index in [1.165, 1.54) is 4.90 Å². The minimum Gasteiger partial charge on any atom is -0.494 e. The van der Waals surface area contributed by atoms with Gasteiger partial charge in [0.15, 0.2) is 0 Å². The van der Waals surface area contributed by atoms with Gasteiger partial charge in [-0.15, -0.1) is 0 Å². The molecule has 0 bridgehead atoms. The number of carbonyl (C=O) groups is 4. The molecule has 1 aliphatic carbocycles. The second-order valence-corrected chi connectivity index (χ2v) is 18.6. The van der Waals surface area contributed by atoms with Crippen molar-refractivity contribution < 1.29 is 38.5 Å². The number of aliphatic hydroxyl groups excluding tert-OH is 1. The molecule has 1 heterocycles. The third-order valence-electron chi connectivity index (χ3n) is 11.6. The maximum atomic E-state index is 13.8. The molecular formula is C47H57ClN6O8. The van der Waals surface area contributed by atoms with Crippen LogP contribution in [0.4, 0.5) is 0 Å². The van der Waals surface area contributed by atoms with Crippen molar-refractivity contribution in [3.05, 3.63) is 94.0 Å². The molecular weight excluding hydrogens is 812 g/mol. The molecule has 0 spiro atoms. The van der Waals surface area contributed by atoms with Crippen molar-refractivity contribution in [3.8, 4) is 23.6 Å². The van der Waals surface area contributed by atoms with Gasteiger partial charge in [-0.3, -0.25) is 19.2 Å². The molecule has 0 aromatic heterocycles. The summed E-state index contributed by atoms with van der Waals surface area (Å²) in [5, 5.41) is 37.8. The normalized spacial score (nSPS) is 20.4. The highest BCUT2D eigenvalue weighted by Crippen LogP contribution is 2.55. The summed E-state index contributed by atoms with van der Waals surface area (Å²) in [6.07, 6.45) is 0.206. The number of aliphatic hydroxyl groups is 1. The number of rotatable bonds is 17. The molecule has 4 amide bonds. The second-order valence-electron chi connectivity index (χ2n) is 18.2. The van der Waals surface area contributed by atoms with Crippen LogP contribution >= 0.6 is 11.6 Å². The Bertz CT molecular complexity index is 2160. The molecule has 1 unspecified atom stereocenters. The van der Waals surface area contributed by atoms with Gasteiger partial charge in [-0.25, -0.2) is 0 Å². The summed E-state index contributed by atoms with van der Waals surface area (Å²) < 4.78 is 17.8. The lowest BCUT2D eigenvalue weighted by Gasteiger charge is -2.63. The number of β-amino-alcohol motifs (C(OH)–C–C–N with tert-alkyl or cyclic N) is 1. The van der Waals surface area contributed by atoms with Crippen molar-refractivity contribution in [3.63, 3.8) is 0 Å². The first-order valence-electron chi connectivity index (χ1n) is 20.8. The highest BCUT2D eigenvalue weighted by molar-refractivity contribution is 6.31. The Balaban J connectivity index is 1.01. The maximum Gasteiger partial charge on any atom is 0.251 e. The van der Waals surface area contributed by atoms with Gasteiger partial charge in [0.1, 0.15) is 42.4 Å². The summed E-state index contributed by atoms with van der Waals surface area (Å²) in [7, 11) is 0. The van der Waals surface area contributed by atoms with Gasteiger partial charge in [0, 0.05) is 54.6 Å². The van der Waals surface area contributed by atoms with Crippen LogP contribution in [0.1, 0.15) is 94.8 Å². The van der Waals surface area contributed by atoms with E-state index >= 15 is 0 Å². The topological polar surface area (TPSA) is 203 Å². The molecule has 1 saturated heterocycles. The summed E-state index contributed by atoms with van der Waals surface area (Å²) >= 11 is 6.22. The molecule has 14 nitrogen and oxygen atoms in total. The fourth-order valence-corrected chi connectivity index (χ4v) is 8.71. The average molecular weight is 869 g/mol. The number of hydrogen-bond acceptors (Lipinski definition) is 10. The lowest BCUT2D eigenvalue weighted by Crippen LogP contribution is -2.74. The third-order valence-corrected chi connectivity index (χ3v) is 11.9. The Morgan fingerprint density at radius 2 is 1.56 bits per heavy atom. The van der Waals surface area contributed by atoms with Crippen molar-refractivity contribution in [1.29, 1.82) is 10.5 Å². The van der Waals surface area contributed by atoms with Crippen LogP contribution in [0.5, 0.6) is 11.5 Å². The molecule has 1 aliphatic heterocycles. The summed E-state index contributed by atoms with van der Waals surface area (Å²) in [5.74, 6) is -0.403. The number of benzene rings is 3. The molecule has 1 saturated carbocycles. The molecule has 4 N–H and O–H groups in total. The Morgan fingerprint density at radius 3 is 2.18 bits per heavy atom. The van der Waals surface area contributed by atoms with E-state index in [-0.39, 0.29) is 50.8 Å². The Hall–Kier alpha value is -5.67. The first kappa shape index (κ1) is 47.4. The highest BCUT2D eigenvalue weighted by Gasteiger charge is 2.64. The zero-order valence-electron chi connectivity index (χ0n) is 36.4. The van der Waals surface area contributed by atoms with E-state index < -0.39 is 52.2 Å². The van der Waals surface area contributed by atoms with Crippen molar-refractivity contribution in [1.82, 2.24) is 20.9 Å². The van der Waals surface area contributed by atoms with Crippen molar-refractivity contribution in [2.45, 2.75) is 105 Å². The number of carbonyl (C=O) groups excluding carboxylic acids is 4. The van der Waals surface area contributed by atoms with Gasteiger partial charge in [0.25, 0.3) is 5.91 Å². The molecule has 2 fully saturated rings. The number of nitrogens with one attached hydrogen (secondary N) is 3. The highest BCUT2D eigenvalue weighted by atomic mass is 35.5. The summed E-state index contributed by atoms with van der Waals surface area (Å²) in [6.45, 7) is 14.2. The lowest BCUT2D eigenvalue weighted by molar-refractivity contribution is -0.164. The summed E-state index contributed by atoms with van der Waals surface area (Å²) in [6, 6.07) is 20.7. The predicted molar refractivity (Wildman–Crippen MR) is 232 cm³/mol. The van der Waals surface area contributed by atoms with E-state index in [2.05, 4.69) is 22.0 Å². The molecule has 3 aromatic rings. The zero-order valence-corrected chi connectivity index (χ0v) is 37.2. The lowest BCUT2D eigenvalue weighted by atomic mass is 9.49. The van der Waals surface area contributed by atoms with Crippen LogP contribution in [0, 0.1) is 38.9 Å². The first-order chi connectivity index (χ1) is 29.3. The van der Waals surface area contributed by atoms with Crippen LogP contribution < -0.4 is 25.4 Å². The van der Waals surface area contributed by atoms with Crippen molar-refractivity contribution in [2.24, 2.45) is 16.2 Å². The summed E-state index contributed by atoms with van der Waals surface area (Å²) in [5.41, 5.74) is 0.644. The fraction of sp³-hybridized carbons (Fsp3) is 0.489.